The fourth-order valence-corrected chi connectivity index (χ4v) is 3.82. The quantitative estimate of drug-likeness (QED) is 0.310. The Kier molecular flexibility index (Phi) is 7.74. The summed E-state index contributed by atoms with van der Waals surface area (Å²) in [6, 6.07) is 0. The molecule has 1 aliphatic heterocycles. The average molecular weight is 421 g/mol. The number of ether oxygens (including phenoxy) is 1. The second-order valence-electron chi connectivity index (χ2n) is 7.06. The van der Waals surface area contributed by atoms with Crippen LogP contribution in [-0.2, 0) is 4.74 Å². The minimum Gasteiger partial charge on any atom is -0.381 e. The van der Waals surface area contributed by atoms with Gasteiger partial charge >= 0.3 is 0 Å². The Balaban J connectivity index is 0.00000176. The van der Waals surface area contributed by atoms with Crippen molar-refractivity contribution in [1.82, 2.24) is 10.2 Å². The van der Waals surface area contributed by atoms with Crippen LogP contribution in [0.15, 0.2) is 4.99 Å². The van der Waals surface area contributed by atoms with Crippen molar-refractivity contribution in [2.24, 2.45) is 22.7 Å². The van der Waals surface area contributed by atoms with Gasteiger partial charge in [0.2, 0.25) is 0 Å². The van der Waals surface area contributed by atoms with Gasteiger partial charge in [-0.3, -0.25) is 4.99 Å². The van der Waals surface area contributed by atoms with Crippen LogP contribution in [0.5, 0.6) is 0 Å². The Hall–Kier alpha value is -0.0400. The van der Waals surface area contributed by atoms with Crippen LogP contribution in [0, 0.1) is 17.8 Å². The van der Waals surface area contributed by atoms with E-state index in [2.05, 4.69) is 15.2 Å². The third kappa shape index (κ3) is 5.25. The third-order valence-corrected chi connectivity index (χ3v) is 5.29. The van der Waals surface area contributed by atoms with E-state index >= 15 is 0 Å². The monoisotopic (exact) mass is 421 g/mol. The molecule has 1 heterocycles. The fourth-order valence-electron chi connectivity index (χ4n) is 3.82. The lowest BCUT2D eigenvalue weighted by Crippen LogP contribution is -2.40. The highest BCUT2D eigenvalue weighted by atomic mass is 127. The Morgan fingerprint density at radius 2 is 1.82 bits per heavy atom. The lowest BCUT2D eigenvalue weighted by Gasteiger charge is -2.22. The van der Waals surface area contributed by atoms with Gasteiger partial charge in [0, 0.05) is 39.9 Å². The number of hydrogen-bond acceptors (Lipinski definition) is 2. The normalized spacial score (nSPS) is 28.2. The van der Waals surface area contributed by atoms with E-state index in [9.17, 15) is 0 Å². The molecule has 0 radical (unpaired) electrons. The maximum atomic E-state index is 5.68. The van der Waals surface area contributed by atoms with Crippen molar-refractivity contribution in [1.29, 1.82) is 0 Å². The number of likely N-dealkylation sites (tertiary alicyclic amines) is 1. The summed E-state index contributed by atoms with van der Waals surface area (Å²) in [5.41, 5.74) is 0. The van der Waals surface area contributed by atoms with E-state index in [-0.39, 0.29) is 24.0 Å². The van der Waals surface area contributed by atoms with Crippen molar-refractivity contribution < 1.29 is 4.74 Å². The number of guanidine groups is 1. The highest BCUT2D eigenvalue weighted by molar-refractivity contribution is 14.0. The zero-order valence-electron chi connectivity index (χ0n) is 13.9. The minimum atomic E-state index is 0. The van der Waals surface area contributed by atoms with Crippen LogP contribution >= 0.6 is 24.0 Å². The van der Waals surface area contributed by atoms with Gasteiger partial charge in [-0.1, -0.05) is 12.8 Å². The van der Waals surface area contributed by atoms with Gasteiger partial charge in [-0.2, -0.15) is 0 Å². The molecule has 0 aromatic heterocycles. The highest BCUT2D eigenvalue weighted by Crippen LogP contribution is 2.35. The first-order valence-corrected chi connectivity index (χ1v) is 8.90. The van der Waals surface area contributed by atoms with Gasteiger partial charge in [0.25, 0.3) is 0 Å². The van der Waals surface area contributed by atoms with Crippen LogP contribution in [0.1, 0.15) is 44.9 Å². The van der Waals surface area contributed by atoms with E-state index in [1.807, 2.05) is 7.05 Å². The van der Waals surface area contributed by atoms with Crippen LogP contribution in [0.2, 0.25) is 0 Å². The number of rotatable bonds is 6. The highest BCUT2D eigenvalue weighted by Gasteiger charge is 2.35. The van der Waals surface area contributed by atoms with Crippen molar-refractivity contribution in [3.8, 4) is 0 Å². The van der Waals surface area contributed by atoms with Crippen LogP contribution in [0.3, 0.4) is 0 Å². The molecule has 3 rings (SSSR count). The van der Waals surface area contributed by atoms with Crippen molar-refractivity contribution in [3.63, 3.8) is 0 Å². The summed E-state index contributed by atoms with van der Waals surface area (Å²) in [4.78, 5) is 6.95. The molecule has 3 fully saturated rings. The lowest BCUT2D eigenvalue weighted by atomic mass is 9.82. The smallest absolute Gasteiger partial charge is 0.193 e. The first-order valence-electron chi connectivity index (χ1n) is 8.90. The molecular formula is C17H32IN3O. The molecule has 0 bridgehead atoms. The number of nitrogens with one attached hydrogen (secondary N) is 1. The van der Waals surface area contributed by atoms with E-state index < -0.39 is 0 Å². The lowest BCUT2D eigenvalue weighted by molar-refractivity contribution is 0.122. The minimum absolute atomic E-state index is 0. The maximum absolute atomic E-state index is 5.68. The van der Waals surface area contributed by atoms with Gasteiger partial charge < -0.3 is 15.0 Å². The fraction of sp³-hybridized carbons (Fsp3) is 0.941. The number of fused-ring (bicyclic) bond motifs is 1. The molecule has 0 spiro atoms. The second kappa shape index (κ2) is 9.30. The van der Waals surface area contributed by atoms with E-state index in [0.29, 0.717) is 0 Å². The summed E-state index contributed by atoms with van der Waals surface area (Å²) in [6.07, 6.45) is 9.54. The molecule has 2 atom stereocenters. The van der Waals surface area contributed by atoms with E-state index in [1.165, 1.54) is 51.6 Å². The molecule has 2 saturated carbocycles. The summed E-state index contributed by atoms with van der Waals surface area (Å²) in [5, 5.41) is 3.52. The Morgan fingerprint density at radius 3 is 2.41 bits per heavy atom. The molecule has 5 heteroatoms. The van der Waals surface area contributed by atoms with E-state index in [0.717, 1.165) is 49.9 Å². The summed E-state index contributed by atoms with van der Waals surface area (Å²) in [5.74, 6) is 3.81. The zero-order valence-corrected chi connectivity index (χ0v) is 16.3. The van der Waals surface area contributed by atoms with E-state index in [4.69, 9.17) is 4.74 Å². The second-order valence-corrected chi connectivity index (χ2v) is 7.06. The number of aliphatic imine (C=N–C) groups is 1. The SMILES string of the molecule is CN=C(NCCCOCC1CC1)N1CC2CCCCC2C1.I. The zero-order chi connectivity index (χ0) is 14.5. The molecular weight excluding hydrogens is 389 g/mol. The van der Waals surface area contributed by atoms with Crippen molar-refractivity contribution in [2.75, 3.05) is 39.9 Å². The van der Waals surface area contributed by atoms with Crippen LogP contribution in [-0.4, -0.2) is 50.8 Å². The summed E-state index contributed by atoms with van der Waals surface area (Å²) in [7, 11) is 1.91. The van der Waals surface area contributed by atoms with Gasteiger partial charge in [-0.15, -0.1) is 24.0 Å². The Bertz CT molecular complexity index is 346. The first kappa shape index (κ1) is 18.3. The third-order valence-electron chi connectivity index (χ3n) is 5.29. The molecule has 128 valence electrons. The van der Waals surface area contributed by atoms with Crippen molar-refractivity contribution in [3.05, 3.63) is 0 Å². The van der Waals surface area contributed by atoms with Crippen LogP contribution < -0.4 is 5.32 Å². The number of nitrogens with zero attached hydrogens (tertiary/aromatic N) is 2. The molecule has 0 amide bonds. The summed E-state index contributed by atoms with van der Waals surface area (Å²) >= 11 is 0. The topological polar surface area (TPSA) is 36.9 Å². The molecule has 3 aliphatic rings. The Morgan fingerprint density at radius 1 is 1.14 bits per heavy atom. The summed E-state index contributed by atoms with van der Waals surface area (Å²) in [6.45, 7) is 5.25. The number of halogens is 1. The summed E-state index contributed by atoms with van der Waals surface area (Å²) < 4.78 is 5.68. The number of hydrogen-bond donors (Lipinski definition) is 1. The molecule has 2 unspecified atom stereocenters. The van der Waals surface area contributed by atoms with Gasteiger partial charge in [0.15, 0.2) is 5.96 Å². The van der Waals surface area contributed by atoms with Crippen molar-refractivity contribution in [2.45, 2.75) is 44.9 Å². The standard InChI is InChI=1S/C17H31N3O.HI/c1-18-17(19-9-4-10-21-13-14-7-8-14)20-11-15-5-2-3-6-16(15)12-20;/h14-16H,2-13H2,1H3,(H,18,19);1H. The maximum Gasteiger partial charge on any atom is 0.193 e. The predicted octanol–water partition coefficient (Wildman–Crippen LogP) is 3.12. The molecule has 0 aromatic carbocycles. The predicted molar refractivity (Wildman–Crippen MR) is 102 cm³/mol. The van der Waals surface area contributed by atoms with E-state index in [1.54, 1.807) is 0 Å². The van der Waals surface area contributed by atoms with Gasteiger partial charge in [0.1, 0.15) is 0 Å². The molecule has 22 heavy (non-hydrogen) atoms. The molecule has 2 aliphatic carbocycles. The molecule has 4 nitrogen and oxygen atoms in total. The van der Waals surface area contributed by atoms with Gasteiger partial charge in [-0.25, -0.2) is 0 Å². The average Bonchev–Trinajstić information content (AvgIpc) is 3.23. The van der Waals surface area contributed by atoms with Crippen molar-refractivity contribution >= 4 is 29.9 Å². The molecule has 1 saturated heterocycles. The largest absolute Gasteiger partial charge is 0.381 e. The molecule has 0 aromatic rings. The first-order chi connectivity index (χ1) is 10.4. The van der Waals surface area contributed by atoms with Gasteiger partial charge in [-0.05, 0) is 49.9 Å². The van der Waals surface area contributed by atoms with Gasteiger partial charge in [0.05, 0.1) is 0 Å². The Labute approximate surface area is 152 Å². The molecule has 1 N–H and O–H groups in total. The van der Waals surface area contributed by atoms with Crippen LogP contribution in [0.4, 0.5) is 0 Å². The van der Waals surface area contributed by atoms with Crippen LogP contribution in [0.25, 0.3) is 0 Å².